The summed E-state index contributed by atoms with van der Waals surface area (Å²) in [5.74, 6) is -0.458. The summed E-state index contributed by atoms with van der Waals surface area (Å²) >= 11 is 3.34. The van der Waals surface area contributed by atoms with E-state index in [-0.39, 0.29) is 6.54 Å². The zero-order valence-electron chi connectivity index (χ0n) is 10.2. The summed E-state index contributed by atoms with van der Waals surface area (Å²) in [4.78, 5) is 22.6. The number of anilines is 1. The number of rotatable bonds is 4. The SMILES string of the molecule is CCOC(=O)CNC(=O)Nc1ccc(Br)cc1C. The van der Waals surface area contributed by atoms with Crippen molar-refractivity contribution in [3.05, 3.63) is 28.2 Å². The number of carbonyl (C=O) groups is 2. The summed E-state index contributed by atoms with van der Waals surface area (Å²) in [6, 6.07) is 5.06. The van der Waals surface area contributed by atoms with Crippen LogP contribution in [0.25, 0.3) is 0 Å². The number of ether oxygens (including phenoxy) is 1. The monoisotopic (exact) mass is 314 g/mol. The molecule has 0 spiro atoms. The molecule has 0 unspecified atom stereocenters. The Morgan fingerprint density at radius 2 is 2.11 bits per heavy atom. The van der Waals surface area contributed by atoms with Crippen LogP contribution in [0.15, 0.2) is 22.7 Å². The van der Waals surface area contributed by atoms with Gasteiger partial charge >= 0.3 is 12.0 Å². The van der Waals surface area contributed by atoms with Gasteiger partial charge in [0, 0.05) is 10.2 Å². The minimum absolute atomic E-state index is 0.144. The van der Waals surface area contributed by atoms with Gasteiger partial charge in [0.2, 0.25) is 0 Å². The van der Waals surface area contributed by atoms with E-state index in [1.807, 2.05) is 19.1 Å². The Labute approximate surface area is 114 Å². The van der Waals surface area contributed by atoms with Crippen LogP contribution in [0.5, 0.6) is 0 Å². The van der Waals surface area contributed by atoms with E-state index in [0.717, 1.165) is 10.0 Å². The summed E-state index contributed by atoms with van der Waals surface area (Å²) < 4.78 is 5.64. The van der Waals surface area contributed by atoms with Crippen LogP contribution < -0.4 is 10.6 Å². The van der Waals surface area contributed by atoms with E-state index in [1.54, 1.807) is 13.0 Å². The second-order valence-electron chi connectivity index (χ2n) is 3.57. The second kappa shape index (κ2) is 7.00. The molecule has 0 aliphatic carbocycles. The number of aryl methyl sites for hydroxylation is 1. The highest BCUT2D eigenvalue weighted by Gasteiger charge is 2.07. The first-order chi connectivity index (χ1) is 8.52. The Morgan fingerprint density at radius 3 is 2.72 bits per heavy atom. The summed E-state index contributed by atoms with van der Waals surface area (Å²) in [6.07, 6.45) is 0. The Bertz CT molecular complexity index is 449. The van der Waals surface area contributed by atoms with Crippen LogP contribution in [0, 0.1) is 6.92 Å². The van der Waals surface area contributed by atoms with Gasteiger partial charge in [-0.25, -0.2) is 4.79 Å². The van der Waals surface area contributed by atoms with Gasteiger partial charge in [-0.3, -0.25) is 4.79 Å². The van der Waals surface area contributed by atoms with Crippen molar-refractivity contribution in [1.82, 2.24) is 5.32 Å². The maximum Gasteiger partial charge on any atom is 0.325 e. The zero-order valence-corrected chi connectivity index (χ0v) is 11.8. The van der Waals surface area contributed by atoms with Crippen LogP contribution in [0.4, 0.5) is 10.5 Å². The van der Waals surface area contributed by atoms with Crippen molar-refractivity contribution < 1.29 is 14.3 Å². The fourth-order valence-corrected chi connectivity index (χ4v) is 1.77. The molecule has 0 bridgehead atoms. The van der Waals surface area contributed by atoms with E-state index >= 15 is 0 Å². The molecule has 0 saturated carbocycles. The van der Waals surface area contributed by atoms with E-state index < -0.39 is 12.0 Å². The third-order valence-corrected chi connectivity index (χ3v) is 2.63. The molecule has 0 aliphatic rings. The third-order valence-electron chi connectivity index (χ3n) is 2.14. The minimum atomic E-state index is -0.458. The number of hydrogen-bond donors (Lipinski definition) is 2. The van der Waals surface area contributed by atoms with Crippen LogP contribution in [-0.4, -0.2) is 25.2 Å². The van der Waals surface area contributed by atoms with Gasteiger partial charge in [0.15, 0.2) is 0 Å². The maximum atomic E-state index is 11.5. The molecule has 1 aromatic rings. The average molecular weight is 315 g/mol. The quantitative estimate of drug-likeness (QED) is 0.839. The van der Waals surface area contributed by atoms with Crippen LogP contribution in [0.1, 0.15) is 12.5 Å². The van der Waals surface area contributed by atoms with E-state index in [0.29, 0.717) is 12.3 Å². The zero-order chi connectivity index (χ0) is 13.5. The van der Waals surface area contributed by atoms with Gasteiger partial charge in [0.05, 0.1) is 6.61 Å². The second-order valence-corrected chi connectivity index (χ2v) is 4.49. The first-order valence-electron chi connectivity index (χ1n) is 5.49. The summed E-state index contributed by atoms with van der Waals surface area (Å²) in [7, 11) is 0. The molecule has 0 heterocycles. The topological polar surface area (TPSA) is 67.4 Å². The highest BCUT2D eigenvalue weighted by Crippen LogP contribution is 2.19. The lowest BCUT2D eigenvalue weighted by molar-refractivity contribution is -0.141. The summed E-state index contributed by atoms with van der Waals surface area (Å²) in [6.45, 7) is 3.75. The van der Waals surface area contributed by atoms with E-state index in [2.05, 4.69) is 26.6 Å². The number of urea groups is 1. The van der Waals surface area contributed by atoms with E-state index in [1.165, 1.54) is 0 Å². The van der Waals surface area contributed by atoms with Crippen molar-refractivity contribution in [3.8, 4) is 0 Å². The Balaban J connectivity index is 2.47. The lowest BCUT2D eigenvalue weighted by Gasteiger charge is -2.09. The van der Waals surface area contributed by atoms with Crippen molar-refractivity contribution in [2.24, 2.45) is 0 Å². The standard InChI is InChI=1S/C12H15BrN2O3/c1-3-18-11(16)7-14-12(17)15-10-5-4-9(13)6-8(10)2/h4-6H,3,7H2,1-2H3,(H2,14,15,17). The maximum absolute atomic E-state index is 11.5. The van der Waals surface area contributed by atoms with Gasteiger partial charge in [-0.05, 0) is 37.6 Å². The van der Waals surface area contributed by atoms with Gasteiger partial charge < -0.3 is 15.4 Å². The highest BCUT2D eigenvalue weighted by molar-refractivity contribution is 9.10. The molecule has 0 saturated heterocycles. The predicted molar refractivity (Wildman–Crippen MR) is 72.5 cm³/mol. The van der Waals surface area contributed by atoms with Gasteiger partial charge in [-0.1, -0.05) is 15.9 Å². The molecular weight excluding hydrogens is 300 g/mol. The number of esters is 1. The molecule has 0 fully saturated rings. The number of amides is 2. The number of halogens is 1. The van der Waals surface area contributed by atoms with Crippen LogP contribution in [0.3, 0.4) is 0 Å². The average Bonchev–Trinajstić information content (AvgIpc) is 2.31. The smallest absolute Gasteiger partial charge is 0.325 e. The van der Waals surface area contributed by atoms with Crippen molar-refractivity contribution in [2.75, 3.05) is 18.5 Å². The fraction of sp³-hybridized carbons (Fsp3) is 0.333. The van der Waals surface area contributed by atoms with Gasteiger partial charge in [0.1, 0.15) is 6.54 Å². The molecule has 5 nitrogen and oxygen atoms in total. The molecule has 0 radical (unpaired) electrons. The van der Waals surface area contributed by atoms with Gasteiger partial charge in [-0.2, -0.15) is 0 Å². The van der Waals surface area contributed by atoms with Gasteiger partial charge in [-0.15, -0.1) is 0 Å². The first-order valence-corrected chi connectivity index (χ1v) is 6.29. The van der Waals surface area contributed by atoms with Crippen LogP contribution in [0.2, 0.25) is 0 Å². The first kappa shape index (κ1) is 14.5. The molecule has 18 heavy (non-hydrogen) atoms. The molecule has 98 valence electrons. The van der Waals surface area contributed by atoms with Crippen molar-refractivity contribution >= 4 is 33.6 Å². The lowest BCUT2D eigenvalue weighted by atomic mass is 10.2. The molecule has 0 aromatic heterocycles. The minimum Gasteiger partial charge on any atom is -0.465 e. The van der Waals surface area contributed by atoms with Gasteiger partial charge in [0.25, 0.3) is 0 Å². The van der Waals surface area contributed by atoms with Crippen LogP contribution in [-0.2, 0) is 9.53 Å². The number of hydrogen-bond acceptors (Lipinski definition) is 3. The Morgan fingerprint density at radius 1 is 1.39 bits per heavy atom. The molecule has 6 heteroatoms. The summed E-state index contributed by atoms with van der Waals surface area (Å²) in [5, 5.41) is 5.08. The predicted octanol–water partition coefficient (Wildman–Crippen LogP) is 2.44. The lowest BCUT2D eigenvalue weighted by Crippen LogP contribution is -2.34. The molecule has 1 rings (SSSR count). The van der Waals surface area contributed by atoms with Crippen molar-refractivity contribution in [1.29, 1.82) is 0 Å². The molecule has 2 N–H and O–H groups in total. The number of carbonyl (C=O) groups excluding carboxylic acids is 2. The highest BCUT2D eigenvalue weighted by atomic mass is 79.9. The molecule has 0 atom stereocenters. The molecule has 0 aliphatic heterocycles. The number of nitrogens with one attached hydrogen (secondary N) is 2. The largest absolute Gasteiger partial charge is 0.465 e. The van der Waals surface area contributed by atoms with E-state index in [4.69, 9.17) is 4.74 Å². The van der Waals surface area contributed by atoms with Crippen LogP contribution >= 0.6 is 15.9 Å². The summed E-state index contributed by atoms with van der Waals surface area (Å²) in [5.41, 5.74) is 1.62. The molecule has 1 aromatic carbocycles. The molecular formula is C12H15BrN2O3. The Hall–Kier alpha value is -1.56. The normalized spacial score (nSPS) is 9.72. The fourth-order valence-electron chi connectivity index (χ4n) is 1.30. The third kappa shape index (κ3) is 4.75. The van der Waals surface area contributed by atoms with Crippen molar-refractivity contribution in [3.63, 3.8) is 0 Å². The Kier molecular flexibility index (Phi) is 5.64. The number of benzene rings is 1. The molecule has 2 amide bonds. The van der Waals surface area contributed by atoms with E-state index in [9.17, 15) is 9.59 Å². The van der Waals surface area contributed by atoms with Crippen molar-refractivity contribution in [2.45, 2.75) is 13.8 Å².